The van der Waals surface area contributed by atoms with Crippen LogP contribution in [0.15, 0.2) is 93.9 Å². The third kappa shape index (κ3) is 5.63. The molecule has 0 radical (unpaired) electrons. The van der Waals surface area contributed by atoms with Crippen LogP contribution in [0, 0.1) is 23.7 Å². The molecule has 0 bridgehead atoms. The second-order valence-corrected chi connectivity index (χ2v) is 14.1. The van der Waals surface area contributed by atoms with Crippen molar-refractivity contribution in [1.29, 1.82) is 0 Å². The largest absolute Gasteiger partial charge is 0.490 e. The summed E-state index contributed by atoms with van der Waals surface area (Å²) in [6.07, 6.45) is 5.68. The Morgan fingerprint density at radius 3 is 1.71 bits per heavy atom. The van der Waals surface area contributed by atoms with Crippen LogP contribution in [0.5, 0.6) is 5.75 Å². The summed E-state index contributed by atoms with van der Waals surface area (Å²) in [7, 11) is 0. The summed E-state index contributed by atoms with van der Waals surface area (Å²) in [6.45, 7) is 0. The van der Waals surface area contributed by atoms with E-state index in [0.717, 1.165) is 59.4 Å². The molecule has 11 heteroatoms. The van der Waals surface area contributed by atoms with E-state index < -0.39 is 0 Å². The summed E-state index contributed by atoms with van der Waals surface area (Å²) in [6, 6.07) is 24.9. The van der Waals surface area contributed by atoms with Gasteiger partial charge >= 0.3 is 0 Å². The Hall–Kier alpha value is -4.31. The van der Waals surface area contributed by atoms with Gasteiger partial charge in [-0.05, 0) is 116 Å². The molecule has 48 heavy (non-hydrogen) atoms. The Kier molecular flexibility index (Phi) is 7.44. The van der Waals surface area contributed by atoms with Crippen LogP contribution in [-0.2, 0) is 0 Å². The van der Waals surface area contributed by atoms with Crippen molar-refractivity contribution in [3.8, 4) is 28.7 Å². The van der Waals surface area contributed by atoms with Crippen LogP contribution in [0.4, 0.5) is 0 Å². The Labute approximate surface area is 286 Å². The Morgan fingerprint density at radius 2 is 1.15 bits per heavy atom. The lowest BCUT2D eigenvalue weighted by Gasteiger charge is -2.17. The van der Waals surface area contributed by atoms with Gasteiger partial charge in [0.25, 0.3) is 0 Å². The zero-order valence-electron chi connectivity index (χ0n) is 25.7. The highest BCUT2D eigenvalue weighted by atomic mass is 35.5. The molecular weight excluding hydrogens is 649 g/mol. The topological polar surface area (TPSA) is 120 Å². The van der Waals surface area contributed by atoms with Crippen molar-refractivity contribution in [1.82, 2.24) is 25.4 Å². The predicted octanol–water partition coefficient (Wildman–Crippen LogP) is 8.38. The lowest BCUT2D eigenvalue weighted by Crippen LogP contribution is -2.15. The number of ether oxygens (including phenoxy) is 1. The van der Waals surface area contributed by atoms with Crippen LogP contribution in [0.25, 0.3) is 33.8 Å². The third-order valence-electron chi connectivity index (χ3n) is 10.4. The number of pyridine rings is 1. The van der Waals surface area contributed by atoms with E-state index in [-0.39, 0.29) is 12.2 Å². The Balaban J connectivity index is 0.000000143. The molecule has 0 spiro atoms. The monoisotopic (exact) mass is 679 g/mol. The highest BCUT2D eigenvalue weighted by Gasteiger charge is 2.60. The maximum absolute atomic E-state index is 9.52. The van der Waals surface area contributed by atoms with E-state index in [2.05, 4.69) is 31.4 Å². The number of aromatic nitrogens is 5. The summed E-state index contributed by atoms with van der Waals surface area (Å²) in [5, 5.41) is 28.8. The maximum atomic E-state index is 9.52. The maximum Gasteiger partial charge on any atom is 0.247 e. The Bertz CT molecular complexity index is 2050. The second-order valence-electron chi connectivity index (χ2n) is 13.3. The number of halogens is 2. The molecular formula is C37H31Cl2N5O4. The second kappa shape index (κ2) is 12.0. The molecule has 3 heterocycles. The number of hydrogen-bond acceptors (Lipinski definition) is 9. The molecule has 4 aliphatic rings. The van der Waals surface area contributed by atoms with Gasteiger partial charge in [0.1, 0.15) is 5.75 Å². The number of aliphatic hydroxyl groups excluding tert-OH is 1. The normalized spacial score (nSPS) is 28.0. The molecule has 242 valence electrons. The van der Waals surface area contributed by atoms with Crippen molar-refractivity contribution in [2.75, 3.05) is 0 Å². The molecule has 0 amide bonds. The van der Waals surface area contributed by atoms with E-state index in [0.29, 0.717) is 63.2 Å². The minimum atomic E-state index is -0.134. The third-order valence-corrected chi connectivity index (χ3v) is 10.9. The summed E-state index contributed by atoms with van der Waals surface area (Å²) < 4.78 is 18.1. The summed E-state index contributed by atoms with van der Waals surface area (Å²) in [5.74, 6) is 6.38. The SMILES string of the molecule is Clc1ccc(-c2nnc(C3C4CC(Oc5ccnc6ccccc56)CC43)o2)cc1.OC1CC2C(C1)C2c1nnc(-c2ccc(Cl)cc2)o1. The van der Waals surface area contributed by atoms with Gasteiger partial charge < -0.3 is 18.7 Å². The highest BCUT2D eigenvalue weighted by Crippen LogP contribution is 2.64. The van der Waals surface area contributed by atoms with Crippen LogP contribution in [0.2, 0.25) is 10.0 Å². The quantitative estimate of drug-likeness (QED) is 0.185. The van der Waals surface area contributed by atoms with Gasteiger partial charge in [-0.3, -0.25) is 4.98 Å². The van der Waals surface area contributed by atoms with E-state index in [1.54, 1.807) is 0 Å². The molecule has 4 atom stereocenters. The first-order valence-corrected chi connectivity index (χ1v) is 17.1. The fraction of sp³-hybridized carbons (Fsp3) is 0.324. The average Bonchev–Trinajstić information content (AvgIpc) is 3.55. The van der Waals surface area contributed by atoms with E-state index in [1.807, 2.05) is 79.0 Å². The molecule has 9 nitrogen and oxygen atoms in total. The number of benzene rings is 3. The van der Waals surface area contributed by atoms with Crippen LogP contribution in [0.1, 0.15) is 49.3 Å². The molecule has 1 N–H and O–H groups in total. The van der Waals surface area contributed by atoms with Crippen molar-refractivity contribution in [3.05, 3.63) is 107 Å². The molecule has 0 aliphatic heterocycles. The van der Waals surface area contributed by atoms with Gasteiger partial charge in [-0.1, -0.05) is 35.3 Å². The Morgan fingerprint density at radius 1 is 0.625 bits per heavy atom. The van der Waals surface area contributed by atoms with Crippen LogP contribution >= 0.6 is 23.2 Å². The molecule has 4 fully saturated rings. The van der Waals surface area contributed by atoms with Gasteiger partial charge in [0.05, 0.1) is 17.7 Å². The van der Waals surface area contributed by atoms with Gasteiger partial charge in [0.2, 0.25) is 23.6 Å². The van der Waals surface area contributed by atoms with Gasteiger partial charge in [-0.2, -0.15) is 0 Å². The van der Waals surface area contributed by atoms with Crippen molar-refractivity contribution in [2.45, 2.75) is 49.7 Å². The first-order chi connectivity index (χ1) is 23.5. The smallest absolute Gasteiger partial charge is 0.247 e. The molecule has 4 saturated carbocycles. The van der Waals surface area contributed by atoms with Gasteiger partial charge in [0.15, 0.2) is 0 Å². The minimum absolute atomic E-state index is 0.134. The van der Waals surface area contributed by atoms with Crippen molar-refractivity contribution in [3.63, 3.8) is 0 Å². The molecule has 0 saturated heterocycles. The fourth-order valence-corrected chi connectivity index (χ4v) is 8.19. The van der Waals surface area contributed by atoms with Crippen LogP contribution in [0.3, 0.4) is 0 Å². The lowest BCUT2D eigenvalue weighted by atomic mass is 10.1. The van der Waals surface area contributed by atoms with Crippen LogP contribution < -0.4 is 4.74 Å². The van der Waals surface area contributed by atoms with Crippen molar-refractivity contribution >= 4 is 34.1 Å². The summed E-state index contributed by atoms with van der Waals surface area (Å²) in [4.78, 5) is 4.41. The first kappa shape index (κ1) is 29.8. The number of rotatable bonds is 6. The van der Waals surface area contributed by atoms with Gasteiger partial charge in [-0.15, -0.1) is 20.4 Å². The average molecular weight is 681 g/mol. The van der Waals surface area contributed by atoms with Crippen LogP contribution in [-0.4, -0.2) is 42.7 Å². The summed E-state index contributed by atoms with van der Waals surface area (Å²) in [5.41, 5.74) is 2.74. The van der Waals surface area contributed by atoms with Crippen molar-refractivity contribution < 1.29 is 18.7 Å². The van der Waals surface area contributed by atoms with Gasteiger partial charge in [-0.25, -0.2) is 0 Å². The highest BCUT2D eigenvalue weighted by molar-refractivity contribution is 6.30. The number of nitrogens with zero attached hydrogens (tertiary/aromatic N) is 5. The molecule has 4 unspecified atom stereocenters. The van der Waals surface area contributed by atoms with E-state index >= 15 is 0 Å². The standard InChI is InChI=1S/C23H18ClN3O2.C14H13ClN2O2/c24-14-7-5-13(6-8-14)22-26-27-23(29-22)21-17-11-15(12-18(17)21)28-20-9-10-25-19-4-2-1-3-16(19)20;15-8-3-1-7(2-4-8)13-16-17-14(19-13)12-10-5-9(18)6-11(10)12/h1-10,15,17-18,21H,11-12H2;1-4,9-12,18H,5-6H2. The molecule has 10 rings (SSSR count). The number of aliphatic hydroxyl groups is 1. The molecule has 4 aliphatic carbocycles. The number of fused-ring (bicyclic) bond motifs is 3. The molecule has 3 aromatic carbocycles. The predicted molar refractivity (Wildman–Crippen MR) is 180 cm³/mol. The summed E-state index contributed by atoms with van der Waals surface area (Å²) >= 11 is 11.8. The number of para-hydroxylation sites is 1. The molecule has 6 aromatic rings. The lowest BCUT2D eigenvalue weighted by molar-refractivity contribution is 0.164. The zero-order valence-corrected chi connectivity index (χ0v) is 27.2. The fourth-order valence-electron chi connectivity index (χ4n) is 7.94. The van der Waals surface area contributed by atoms with E-state index in [9.17, 15) is 5.11 Å². The number of hydrogen-bond donors (Lipinski definition) is 1. The van der Waals surface area contributed by atoms with Gasteiger partial charge in [0, 0.05) is 44.6 Å². The zero-order chi connectivity index (χ0) is 32.4. The van der Waals surface area contributed by atoms with E-state index in [1.165, 1.54) is 0 Å². The minimum Gasteiger partial charge on any atom is -0.490 e. The first-order valence-electron chi connectivity index (χ1n) is 16.4. The van der Waals surface area contributed by atoms with Crippen molar-refractivity contribution in [2.24, 2.45) is 23.7 Å². The van der Waals surface area contributed by atoms with E-state index in [4.69, 9.17) is 36.8 Å². The molecule has 3 aromatic heterocycles.